The molecular formula is C11H11N3OS. The van der Waals surface area contributed by atoms with Gasteiger partial charge in [-0.1, -0.05) is 6.07 Å². The third kappa shape index (κ3) is 2.38. The Morgan fingerprint density at radius 1 is 1.44 bits per heavy atom. The molecule has 0 radical (unpaired) electrons. The van der Waals surface area contributed by atoms with Crippen molar-refractivity contribution in [1.82, 2.24) is 4.98 Å². The van der Waals surface area contributed by atoms with Crippen molar-refractivity contribution in [1.29, 1.82) is 5.41 Å². The van der Waals surface area contributed by atoms with E-state index in [1.54, 1.807) is 29.7 Å². The first-order valence-electron chi connectivity index (χ1n) is 4.72. The van der Waals surface area contributed by atoms with Crippen molar-refractivity contribution >= 4 is 17.2 Å². The fourth-order valence-corrected chi connectivity index (χ4v) is 1.86. The minimum Gasteiger partial charge on any atom is -0.471 e. The van der Waals surface area contributed by atoms with E-state index in [1.807, 2.05) is 17.5 Å². The van der Waals surface area contributed by atoms with Crippen molar-refractivity contribution in [2.45, 2.75) is 6.61 Å². The lowest BCUT2D eigenvalue weighted by atomic mass is 10.2. The summed E-state index contributed by atoms with van der Waals surface area (Å²) in [4.78, 5) is 5.17. The number of hydrogen-bond donors (Lipinski definition) is 2. The lowest BCUT2D eigenvalue weighted by molar-refractivity contribution is 0.296. The fourth-order valence-electron chi connectivity index (χ4n) is 1.25. The Hall–Kier alpha value is -1.88. The number of nitrogen functional groups attached to an aromatic ring is 1. The number of thiophene rings is 1. The second kappa shape index (κ2) is 4.76. The van der Waals surface area contributed by atoms with E-state index in [4.69, 9.17) is 15.9 Å². The molecular weight excluding hydrogens is 222 g/mol. The van der Waals surface area contributed by atoms with Gasteiger partial charge in [-0.05, 0) is 23.6 Å². The second-order valence-electron chi connectivity index (χ2n) is 3.14. The summed E-state index contributed by atoms with van der Waals surface area (Å²) in [5.41, 5.74) is 5.96. The summed E-state index contributed by atoms with van der Waals surface area (Å²) in [6.45, 7) is 0.453. The topological polar surface area (TPSA) is 72.0 Å². The van der Waals surface area contributed by atoms with Crippen LogP contribution in [0.25, 0.3) is 0 Å². The number of aromatic nitrogens is 1. The minimum absolute atomic E-state index is 0.0331. The highest BCUT2D eigenvalue weighted by Gasteiger charge is 2.07. The molecule has 82 valence electrons. The van der Waals surface area contributed by atoms with E-state index in [0.717, 1.165) is 4.88 Å². The van der Waals surface area contributed by atoms with Gasteiger partial charge in [0.1, 0.15) is 12.4 Å². The summed E-state index contributed by atoms with van der Waals surface area (Å²) in [5, 5.41) is 9.38. The maximum absolute atomic E-state index is 7.39. The van der Waals surface area contributed by atoms with Crippen LogP contribution in [0.3, 0.4) is 0 Å². The van der Waals surface area contributed by atoms with Gasteiger partial charge in [0.25, 0.3) is 0 Å². The van der Waals surface area contributed by atoms with Crippen molar-refractivity contribution in [3.05, 3.63) is 46.3 Å². The Labute approximate surface area is 97.2 Å². The number of nitrogens with one attached hydrogen (secondary N) is 1. The van der Waals surface area contributed by atoms with Gasteiger partial charge >= 0.3 is 0 Å². The normalized spacial score (nSPS) is 10.0. The van der Waals surface area contributed by atoms with Crippen LogP contribution >= 0.6 is 11.3 Å². The first-order chi connectivity index (χ1) is 7.77. The molecule has 0 aliphatic heterocycles. The van der Waals surface area contributed by atoms with Crippen LogP contribution < -0.4 is 10.5 Å². The van der Waals surface area contributed by atoms with Crippen molar-refractivity contribution in [3.8, 4) is 5.88 Å². The quantitative estimate of drug-likeness (QED) is 0.626. The molecule has 0 fully saturated rings. The summed E-state index contributed by atoms with van der Waals surface area (Å²) < 4.78 is 5.52. The smallest absolute Gasteiger partial charge is 0.224 e. The number of rotatable bonds is 4. The van der Waals surface area contributed by atoms with Gasteiger partial charge in [0, 0.05) is 11.1 Å². The van der Waals surface area contributed by atoms with Crippen LogP contribution in [0.5, 0.6) is 5.88 Å². The average Bonchev–Trinajstić information content (AvgIpc) is 2.79. The Kier molecular flexibility index (Phi) is 3.16. The van der Waals surface area contributed by atoms with Crippen molar-refractivity contribution < 1.29 is 4.74 Å². The van der Waals surface area contributed by atoms with Gasteiger partial charge in [0.15, 0.2) is 0 Å². The first-order valence-corrected chi connectivity index (χ1v) is 5.60. The van der Waals surface area contributed by atoms with E-state index >= 15 is 0 Å². The van der Waals surface area contributed by atoms with Gasteiger partial charge < -0.3 is 10.5 Å². The molecule has 0 atom stereocenters. The third-order valence-electron chi connectivity index (χ3n) is 1.99. The Morgan fingerprint density at radius 3 is 3.00 bits per heavy atom. The van der Waals surface area contributed by atoms with Crippen molar-refractivity contribution in [2.75, 3.05) is 0 Å². The number of nitrogens with two attached hydrogens (primary N) is 1. The van der Waals surface area contributed by atoms with E-state index in [0.29, 0.717) is 18.1 Å². The highest BCUT2D eigenvalue weighted by Crippen LogP contribution is 2.17. The highest BCUT2D eigenvalue weighted by molar-refractivity contribution is 7.09. The van der Waals surface area contributed by atoms with E-state index in [-0.39, 0.29) is 5.84 Å². The molecule has 0 aromatic carbocycles. The van der Waals surface area contributed by atoms with Crippen LogP contribution in [0.1, 0.15) is 10.4 Å². The lowest BCUT2D eigenvalue weighted by Gasteiger charge is -2.07. The summed E-state index contributed by atoms with van der Waals surface area (Å²) in [5.74, 6) is 0.373. The third-order valence-corrected chi connectivity index (χ3v) is 2.84. The summed E-state index contributed by atoms with van der Waals surface area (Å²) in [6, 6.07) is 7.41. The Balaban J connectivity index is 2.12. The zero-order valence-electron chi connectivity index (χ0n) is 8.51. The van der Waals surface area contributed by atoms with Gasteiger partial charge in [0.2, 0.25) is 5.88 Å². The summed E-state index contributed by atoms with van der Waals surface area (Å²) in [6.07, 6.45) is 1.62. The van der Waals surface area contributed by atoms with Crippen LogP contribution in [0.4, 0.5) is 0 Å². The molecule has 0 amide bonds. The molecule has 3 N–H and O–H groups in total. The molecule has 0 saturated carbocycles. The van der Waals surface area contributed by atoms with Gasteiger partial charge in [-0.15, -0.1) is 11.3 Å². The van der Waals surface area contributed by atoms with Crippen molar-refractivity contribution in [2.24, 2.45) is 5.73 Å². The molecule has 0 spiro atoms. The van der Waals surface area contributed by atoms with Gasteiger partial charge in [-0.2, -0.15) is 0 Å². The highest BCUT2D eigenvalue weighted by atomic mass is 32.1. The lowest BCUT2D eigenvalue weighted by Crippen LogP contribution is -2.13. The van der Waals surface area contributed by atoms with E-state index in [9.17, 15) is 0 Å². The van der Waals surface area contributed by atoms with Crippen molar-refractivity contribution in [3.63, 3.8) is 0 Å². The SMILES string of the molecule is N=C(N)c1cccnc1OCc1cccs1. The maximum atomic E-state index is 7.39. The van der Waals surface area contributed by atoms with Crippen LogP contribution in [0.15, 0.2) is 35.8 Å². The Bertz CT molecular complexity index is 482. The number of ether oxygens (including phenoxy) is 1. The van der Waals surface area contributed by atoms with E-state index in [2.05, 4.69) is 4.98 Å². The molecule has 4 nitrogen and oxygen atoms in total. The zero-order valence-corrected chi connectivity index (χ0v) is 9.33. The van der Waals surface area contributed by atoms with Gasteiger partial charge in [-0.25, -0.2) is 4.98 Å². The molecule has 2 aromatic rings. The van der Waals surface area contributed by atoms with Crippen LogP contribution in [0.2, 0.25) is 0 Å². The second-order valence-corrected chi connectivity index (χ2v) is 4.17. The molecule has 5 heteroatoms. The predicted octanol–water partition coefficient (Wildman–Crippen LogP) is 2.01. The van der Waals surface area contributed by atoms with Crippen LogP contribution in [-0.4, -0.2) is 10.8 Å². The molecule has 0 saturated heterocycles. The van der Waals surface area contributed by atoms with Gasteiger partial charge in [-0.3, -0.25) is 5.41 Å². The molecule has 0 bridgehead atoms. The predicted molar refractivity (Wildman–Crippen MR) is 63.9 cm³/mol. The number of pyridine rings is 1. The zero-order chi connectivity index (χ0) is 11.4. The first kappa shape index (κ1) is 10.6. The average molecular weight is 233 g/mol. The molecule has 0 unspecified atom stereocenters. The largest absolute Gasteiger partial charge is 0.471 e. The summed E-state index contributed by atoms with van der Waals surface area (Å²) in [7, 11) is 0. The molecule has 16 heavy (non-hydrogen) atoms. The van der Waals surface area contributed by atoms with E-state index < -0.39 is 0 Å². The Morgan fingerprint density at radius 2 is 2.31 bits per heavy atom. The standard InChI is InChI=1S/C11H11N3OS/c12-10(13)9-4-1-5-14-11(9)15-7-8-3-2-6-16-8/h1-6H,7H2,(H3,12,13). The minimum atomic E-state index is -0.0331. The maximum Gasteiger partial charge on any atom is 0.224 e. The monoisotopic (exact) mass is 233 g/mol. The number of hydrogen-bond acceptors (Lipinski definition) is 4. The molecule has 0 aliphatic rings. The van der Waals surface area contributed by atoms with Crippen LogP contribution in [0, 0.1) is 5.41 Å². The number of amidine groups is 1. The van der Waals surface area contributed by atoms with E-state index in [1.165, 1.54) is 0 Å². The summed E-state index contributed by atoms with van der Waals surface area (Å²) >= 11 is 1.62. The number of nitrogens with zero attached hydrogens (tertiary/aromatic N) is 1. The van der Waals surface area contributed by atoms with Gasteiger partial charge in [0.05, 0.1) is 5.56 Å². The fraction of sp³-hybridized carbons (Fsp3) is 0.0909. The molecule has 2 rings (SSSR count). The van der Waals surface area contributed by atoms with Crippen LogP contribution in [-0.2, 0) is 6.61 Å². The molecule has 0 aliphatic carbocycles. The molecule has 2 heterocycles. The molecule has 2 aromatic heterocycles.